The van der Waals surface area contributed by atoms with Crippen LogP contribution in [0.2, 0.25) is 0 Å². The Bertz CT molecular complexity index is 973. The number of hydrogen-bond donors (Lipinski definition) is 1. The monoisotopic (exact) mass is 453 g/mol. The lowest BCUT2D eigenvalue weighted by molar-refractivity contribution is -0.154. The van der Waals surface area contributed by atoms with Crippen LogP contribution in [0.5, 0.6) is 0 Å². The number of carbonyl (C=O) groups is 1. The largest absolute Gasteiger partial charge is 0.430 e. The summed E-state index contributed by atoms with van der Waals surface area (Å²) in [5.41, 5.74) is 3.95. The van der Waals surface area contributed by atoms with E-state index in [1.807, 2.05) is 30.5 Å². The molecule has 0 aromatic heterocycles. The van der Waals surface area contributed by atoms with Crippen molar-refractivity contribution in [3.8, 4) is 0 Å². The number of amides is 1. The molecule has 2 heterocycles. The van der Waals surface area contributed by atoms with Gasteiger partial charge in [-0.3, -0.25) is 5.32 Å². The Morgan fingerprint density at radius 1 is 1.09 bits per heavy atom. The van der Waals surface area contributed by atoms with E-state index in [0.29, 0.717) is 13.1 Å². The number of hydroxylamine groups is 2. The molecule has 2 aromatic carbocycles. The third-order valence-electron chi connectivity index (χ3n) is 6.11. The lowest BCUT2D eigenvalue weighted by Gasteiger charge is -2.35. The number of anilines is 1. The molecule has 2 aromatic rings. The van der Waals surface area contributed by atoms with Crippen molar-refractivity contribution in [1.29, 1.82) is 0 Å². The van der Waals surface area contributed by atoms with Gasteiger partial charge in [0.25, 0.3) is 0 Å². The lowest BCUT2D eigenvalue weighted by atomic mass is 9.84. The zero-order chi connectivity index (χ0) is 22.8. The van der Waals surface area contributed by atoms with Crippen LogP contribution in [-0.2, 0) is 15.1 Å². The molecule has 1 N–H and O–H groups in total. The van der Waals surface area contributed by atoms with Crippen molar-refractivity contribution in [2.24, 2.45) is 5.16 Å². The number of thioether (sulfide) groups is 1. The molecule has 1 fully saturated rings. The molecule has 1 spiro atoms. The molecule has 1 amide bonds. The summed E-state index contributed by atoms with van der Waals surface area (Å²) in [5, 5.41) is 8.89. The van der Waals surface area contributed by atoms with Gasteiger partial charge < -0.3 is 9.68 Å². The van der Waals surface area contributed by atoms with Gasteiger partial charge in [0, 0.05) is 42.9 Å². The van der Waals surface area contributed by atoms with Crippen molar-refractivity contribution in [2.75, 3.05) is 24.7 Å². The first-order valence-electron chi connectivity index (χ1n) is 11.0. The summed E-state index contributed by atoms with van der Waals surface area (Å²) < 4.78 is 0. The number of oxime groups is 1. The fourth-order valence-corrected chi connectivity index (χ4v) is 4.43. The van der Waals surface area contributed by atoms with E-state index >= 15 is 0 Å². The maximum Gasteiger partial charge on any atom is 0.430 e. The fraction of sp³-hybridized carbons (Fsp3) is 0.440. The smallest absolute Gasteiger partial charge is 0.388 e. The highest BCUT2D eigenvalue weighted by molar-refractivity contribution is 7.98. The molecule has 0 unspecified atom stereocenters. The minimum atomic E-state index is -0.471. The Kier molecular flexibility index (Phi) is 6.49. The van der Waals surface area contributed by atoms with E-state index < -0.39 is 6.09 Å². The molecule has 170 valence electrons. The Balaban J connectivity index is 1.27. The molecular weight excluding hydrogens is 422 g/mol. The SMILES string of the molecule is CSc1ccc(NC(=O)ON2CCC3(CC2)CC(c2ccc(C(C)(C)C)cc2)=NO3)cc1. The Hall–Kier alpha value is -2.51. The van der Waals surface area contributed by atoms with Gasteiger partial charge in [-0.1, -0.05) is 50.2 Å². The quantitative estimate of drug-likeness (QED) is 0.590. The average molecular weight is 454 g/mol. The first-order chi connectivity index (χ1) is 15.3. The summed E-state index contributed by atoms with van der Waals surface area (Å²) in [6.07, 6.45) is 3.85. The van der Waals surface area contributed by atoms with Gasteiger partial charge in [0.15, 0.2) is 0 Å². The van der Waals surface area contributed by atoms with Crippen LogP contribution in [0.25, 0.3) is 0 Å². The molecule has 2 aliphatic heterocycles. The topological polar surface area (TPSA) is 63.2 Å². The first-order valence-corrected chi connectivity index (χ1v) is 12.2. The number of carbonyl (C=O) groups excluding carboxylic acids is 1. The maximum absolute atomic E-state index is 12.2. The molecule has 1 saturated heterocycles. The van der Waals surface area contributed by atoms with Crippen molar-refractivity contribution in [1.82, 2.24) is 5.06 Å². The van der Waals surface area contributed by atoms with Gasteiger partial charge in [-0.05, 0) is 47.1 Å². The summed E-state index contributed by atoms with van der Waals surface area (Å²) in [4.78, 5) is 24.8. The number of benzene rings is 2. The van der Waals surface area contributed by atoms with Crippen LogP contribution in [0.3, 0.4) is 0 Å². The van der Waals surface area contributed by atoms with Gasteiger partial charge in [0.05, 0.1) is 5.71 Å². The fourth-order valence-electron chi connectivity index (χ4n) is 4.02. The third kappa shape index (κ3) is 5.27. The summed E-state index contributed by atoms with van der Waals surface area (Å²) >= 11 is 1.66. The zero-order valence-electron chi connectivity index (χ0n) is 19.2. The van der Waals surface area contributed by atoms with E-state index in [0.717, 1.165) is 41.1 Å². The molecule has 6 nitrogen and oxygen atoms in total. The molecule has 0 atom stereocenters. The molecule has 0 bridgehead atoms. The van der Waals surface area contributed by atoms with Crippen LogP contribution in [0.4, 0.5) is 10.5 Å². The van der Waals surface area contributed by atoms with E-state index in [-0.39, 0.29) is 11.0 Å². The van der Waals surface area contributed by atoms with Crippen molar-refractivity contribution >= 4 is 29.3 Å². The van der Waals surface area contributed by atoms with Crippen molar-refractivity contribution < 1.29 is 14.5 Å². The highest BCUT2D eigenvalue weighted by Crippen LogP contribution is 2.36. The van der Waals surface area contributed by atoms with Gasteiger partial charge in [0.1, 0.15) is 5.60 Å². The van der Waals surface area contributed by atoms with E-state index in [2.05, 4.69) is 55.5 Å². The third-order valence-corrected chi connectivity index (χ3v) is 6.85. The Labute approximate surface area is 194 Å². The summed E-state index contributed by atoms with van der Waals surface area (Å²) in [7, 11) is 0. The van der Waals surface area contributed by atoms with Gasteiger partial charge in [-0.25, -0.2) is 4.79 Å². The first kappa shape index (κ1) is 22.7. The molecule has 0 radical (unpaired) electrons. The average Bonchev–Trinajstić information content (AvgIpc) is 3.19. The van der Waals surface area contributed by atoms with Crippen LogP contribution >= 0.6 is 11.8 Å². The van der Waals surface area contributed by atoms with Crippen LogP contribution in [-0.4, -0.2) is 41.8 Å². The molecule has 7 heteroatoms. The van der Waals surface area contributed by atoms with E-state index in [1.165, 1.54) is 5.56 Å². The minimum Gasteiger partial charge on any atom is -0.388 e. The molecule has 4 rings (SSSR count). The minimum absolute atomic E-state index is 0.130. The number of nitrogens with one attached hydrogen (secondary N) is 1. The van der Waals surface area contributed by atoms with E-state index in [9.17, 15) is 4.79 Å². The van der Waals surface area contributed by atoms with Crippen LogP contribution in [0, 0.1) is 0 Å². The number of piperidine rings is 1. The van der Waals surface area contributed by atoms with Gasteiger partial charge in [-0.15, -0.1) is 16.8 Å². The molecule has 0 aliphatic carbocycles. The number of nitrogens with zero attached hydrogens (tertiary/aromatic N) is 2. The van der Waals surface area contributed by atoms with Crippen molar-refractivity contribution in [3.05, 3.63) is 59.7 Å². The number of hydrogen-bond acceptors (Lipinski definition) is 6. The second-order valence-electron chi connectivity index (χ2n) is 9.48. The van der Waals surface area contributed by atoms with Gasteiger partial charge in [-0.2, -0.15) is 0 Å². The predicted molar refractivity (Wildman–Crippen MR) is 129 cm³/mol. The molecular formula is C25H31N3O3S. The van der Waals surface area contributed by atoms with E-state index in [4.69, 9.17) is 9.68 Å². The number of rotatable bonds is 4. The summed E-state index contributed by atoms with van der Waals surface area (Å²) in [6, 6.07) is 16.3. The van der Waals surface area contributed by atoms with Crippen LogP contribution in [0.15, 0.2) is 58.6 Å². The van der Waals surface area contributed by atoms with Crippen LogP contribution < -0.4 is 5.32 Å². The van der Waals surface area contributed by atoms with E-state index in [1.54, 1.807) is 16.8 Å². The van der Waals surface area contributed by atoms with Crippen LogP contribution in [0.1, 0.15) is 51.2 Å². The maximum atomic E-state index is 12.2. The predicted octanol–water partition coefficient (Wildman–Crippen LogP) is 5.83. The molecule has 32 heavy (non-hydrogen) atoms. The van der Waals surface area contributed by atoms with Gasteiger partial charge in [0.2, 0.25) is 0 Å². The van der Waals surface area contributed by atoms with Gasteiger partial charge >= 0.3 is 6.09 Å². The van der Waals surface area contributed by atoms with Crippen molar-refractivity contribution in [2.45, 2.75) is 55.9 Å². The standard InChI is InChI=1S/C25H31N3O3S/c1-24(2,3)19-7-5-18(6-8-19)22-17-25(31-27-22)13-15-28(16-14-25)30-23(29)26-20-9-11-21(32-4)12-10-20/h5-12H,13-17H2,1-4H3,(H,26,29). The zero-order valence-corrected chi connectivity index (χ0v) is 20.0. The highest BCUT2D eigenvalue weighted by Gasteiger charge is 2.43. The normalized spacial score (nSPS) is 18.2. The Morgan fingerprint density at radius 2 is 1.75 bits per heavy atom. The summed E-state index contributed by atoms with van der Waals surface area (Å²) in [6.45, 7) is 7.87. The second-order valence-corrected chi connectivity index (χ2v) is 10.4. The van der Waals surface area contributed by atoms with Crippen molar-refractivity contribution in [3.63, 3.8) is 0 Å². The molecule has 0 saturated carbocycles. The lowest BCUT2D eigenvalue weighted by Crippen LogP contribution is -2.45. The summed E-state index contributed by atoms with van der Waals surface area (Å²) in [5.74, 6) is 0. The second kappa shape index (κ2) is 9.16. The Morgan fingerprint density at radius 3 is 2.34 bits per heavy atom. The molecule has 2 aliphatic rings. The highest BCUT2D eigenvalue weighted by atomic mass is 32.2.